The lowest BCUT2D eigenvalue weighted by molar-refractivity contribution is -0.122. The molecule has 2 heteroatoms. The van der Waals surface area contributed by atoms with Crippen molar-refractivity contribution in [1.82, 2.24) is 0 Å². The summed E-state index contributed by atoms with van der Waals surface area (Å²) in [5.74, 6) is 0.214. The van der Waals surface area contributed by atoms with Crippen molar-refractivity contribution in [3.05, 3.63) is 12.7 Å². The van der Waals surface area contributed by atoms with E-state index in [2.05, 4.69) is 6.58 Å². The summed E-state index contributed by atoms with van der Waals surface area (Å²) < 4.78 is 4.74. The molecule has 0 amide bonds. The van der Waals surface area contributed by atoms with Crippen molar-refractivity contribution in [3.63, 3.8) is 0 Å². The molecule has 0 atom stereocenters. The minimum absolute atomic E-state index is 0.214. The Morgan fingerprint density at radius 1 is 1.31 bits per heavy atom. The first-order valence-corrected chi connectivity index (χ1v) is 4.92. The maximum Gasteiger partial charge on any atom is 0.158 e. The van der Waals surface area contributed by atoms with Crippen molar-refractivity contribution in [1.29, 1.82) is 0 Å². The van der Waals surface area contributed by atoms with Gasteiger partial charge in [0.15, 0.2) is 5.78 Å². The van der Waals surface area contributed by atoms with E-state index in [1.165, 1.54) is 12.8 Å². The van der Waals surface area contributed by atoms with E-state index in [1.54, 1.807) is 7.11 Å². The molecule has 0 unspecified atom stereocenters. The molecule has 0 aromatic rings. The van der Waals surface area contributed by atoms with Gasteiger partial charge in [-0.2, -0.15) is 0 Å². The van der Waals surface area contributed by atoms with Crippen molar-refractivity contribution in [2.24, 2.45) is 0 Å². The van der Waals surface area contributed by atoms with Crippen LogP contribution in [0.2, 0.25) is 0 Å². The Balaban J connectivity index is 3.06. The lowest BCUT2D eigenvalue weighted by atomic mass is 10.1. The third-order valence-electron chi connectivity index (χ3n) is 1.92. The number of ketones is 1. The first kappa shape index (κ1) is 12.4. The number of hydrogen-bond acceptors (Lipinski definition) is 2. The zero-order chi connectivity index (χ0) is 9.94. The van der Waals surface area contributed by atoms with Crippen LogP contribution in [0, 0.1) is 0 Å². The van der Waals surface area contributed by atoms with Crippen LogP contribution in [0.15, 0.2) is 12.7 Å². The molecule has 0 aliphatic carbocycles. The molecule has 0 rings (SSSR count). The fraction of sp³-hybridized carbons (Fsp3) is 0.727. The van der Waals surface area contributed by atoms with E-state index in [1.807, 2.05) is 6.08 Å². The second kappa shape index (κ2) is 9.46. The SMILES string of the molecule is C=CCCCCCCC(=O)COC. The van der Waals surface area contributed by atoms with E-state index in [4.69, 9.17) is 4.74 Å². The van der Waals surface area contributed by atoms with Crippen LogP contribution in [0.1, 0.15) is 38.5 Å². The first-order valence-electron chi connectivity index (χ1n) is 4.92. The van der Waals surface area contributed by atoms with Gasteiger partial charge in [0.25, 0.3) is 0 Å². The molecule has 0 saturated heterocycles. The average Bonchev–Trinajstić information content (AvgIpc) is 2.11. The van der Waals surface area contributed by atoms with Gasteiger partial charge in [-0.25, -0.2) is 0 Å². The van der Waals surface area contributed by atoms with Gasteiger partial charge in [-0.1, -0.05) is 18.9 Å². The molecule has 0 saturated carbocycles. The quantitative estimate of drug-likeness (QED) is 0.407. The van der Waals surface area contributed by atoms with Crippen molar-refractivity contribution < 1.29 is 9.53 Å². The summed E-state index contributed by atoms with van der Waals surface area (Å²) in [5.41, 5.74) is 0. The number of ether oxygens (including phenoxy) is 1. The van der Waals surface area contributed by atoms with Gasteiger partial charge in [0.05, 0.1) is 0 Å². The summed E-state index contributed by atoms with van der Waals surface area (Å²) in [6, 6.07) is 0. The highest BCUT2D eigenvalue weighted by atomic mass is 16.5. The summed E-state index contributed by atoms with van der Waals surface area (Å²) in [5, 5.41) is 0. The molecule has 0 aliphatic heterocycles. The summed E-state index contributed by atoms with van der Waals surface area (Å²) in [7, 11) is 1.56. The van der Waals surface area contributed by atoms with E-state index in [0.717, 1.165) is 19.3 Å². The Morgan fingerprint density at radius 3 is 2.62 bits per heavy atom. The lowest BCUT2D eigenvalue weighted by Gasteiger charge is -1.99. The van der Waals surface area contributed by atoms with Gasteiger partial charge in [0, 0.05) is 13.5 Å². The van der Waals surface area contributed by atoms with Crippen LogP contribution in [-0.4, -0.2) is 19.5 Å². The Labute approximate surface area is 81.0 Å². The topological polar surface area (TPSA) is 26.3 Å². The maximum absolute atomic E-state index is 11.0. The van der Waals surface area contributed by atoms with E-state index in [-0.39, 0.29) is 12.4 Å². The number of methoxy groups -OCH3 is 1. The van der Waals surface area contributed by atoms with Crippen molar-refractivity contribution >= 4 is 5.78 Å². The molecular formula is C11H20O2. The van der Waals surface area contributed by atoms with Crippen molar-refractivity contribution in [3.8, 4) is 0 Å². The molecule has 0 aromatic carbocycles. The first-order chi connectivity index (χ1) is 6.31. The molecule has 0 N–H and O–H groups in total. The number of allylic oxidation sites excluding steroid dienone is 1. The van der Waals surface area contributed by atoms with E-state index in [9.17, 15) is 4.79 Å². The van der Waals surface area contributed by atoms with Crippen LogP contribution < -0.4 is 0 Å². The number of unbranched alkanes of at least 4 members (excludes halogenated alkanes) is 4. The zero-order valence-corrected chi connectivity index (χ0v) is 8.55. The zero-order valence-electron chi connectivity index (χ0n) is 8.55. The van der Waals surface area contributed by atoms with Gasteiger partial charge in [-0.3, -0.25) is 4.79 Å². The fourth-order valence-corrected chi connectivity index (χ4v) is 1.20. The summed E-state index contributed by atoms with van der Waals surface area (Å²) in [6.07, 6.45) is 8.24. The molecule has 0 aromatic heterocycles. The number of carbonyl (C=O) groups is 1. The highest BCUT2D eigenvalue weighted by molar-refractivity contribution is 5.79. The predicted octanol–water partition coefficient (Wildman–Crippen LogP) is 2.73. The maximum atomic E-state index is 11.0. The van der Waals surface area contributed by atoms with Gasteiger partial charge in [0.1, 0.15) is 6.61 Å². The van der Waals surface area contributed by atoms with Gasteiger partial charge in [-0.15, -0.1) is 6.58 Å². The number of hydrogen-bond donors (Lipinski definition) is 0. The monoisotopic (exact) mass is 184 g/mol. The van der Waals surface area contributed by atoms with Crippen LogP contribution in [0.3, 0.4) is 0 Å². The van der Waals surface area contributed by atoms with Gasteiger partial charge < -0.3 is 4.74 Å². The standard InChI is InChI=1S/C11H20O2/c1-3-4-5-6-7-8-9-11(12)10-13-2/h3H,1,4-10H2,2H3. The van der Waals surface area contributed by atoms with E-state index in [0.29, 0.717) is 6.42 Å². The Bertz CT molecular complexity index is 141. The summed E-state index contributed by atoms with van der Waals surface area (Å²) in [6.45, 7) is 3.93. The van der Waals surface area contributed by atoms with Crippen LogP contribution in [0.25, 0.3) is 0 Å². The third kappa shape index (κ3) is 9.28. The molecule has 0 heterocycles. The molecule has 0 aliphatic rings. The van der Waals surface area contributed by atoms with Crippen LogP contribution in [0.4, 0.5) is 0 Å². The Morgan fingerprint density at radius 2 is 2.00 bits per heavy atom. The molecular weight excluding hydrogens is 164 g/mol. The second-order valence-electron chi connectivity index (χ2n) is 3.21. The minimum Gasteiger partial charge on any atom is -0.377 e. The van der Waals surface area contributed by atoms with Crippen LogP contribution >= 0.6 is 0 Å². The third-order valence-corrected chi connectivity index (χ3v) is 1.92. The molecule has 2 nitrogen and oxygen atoms in total. The number of rotatable bonds is 9. The Hall–Kier alpha value is -0.630. The number of carbonyl (C=O) groups excluding carboxylic acids is 1. The second-order valence-corrected chi connectivity index (χ2v) is 3.21. The molecule has 0 radical (unpaired) electrons. The minimum atomic E-state index is 0.214. The fourth-order valence-electron chi connectivity index (χ4n) is 1.20. The van der Waals surface area contributed by atoms with E-state index >= 15 is 0 Å². The molecule has 13 heavy (non-hydrogen) atoms. The predicted molar refractivity (Wildman–Crippen MR) is 54.8 cm³/mol. The van der Waals surface area contributed by atoms with Crippen molar-refractivity contribution in [2.75, 3.05) is 13.7 Å². The Kier molecular flexibility index (Phi) is 9.00. The van der Waals surface area contributed by atoms with Crippen LogP contribution in [-0.2, 0) is 9.53 Å². The molecule has 0 fully saturated rings. The highest BCUT2D eigenvalue weighted by Gasteiger charge is 1.99. The van der Waals surface area contributed by atoms with Gasteiger partial charge in [0.2, 0.25) is 0 Å². The highest BCUT2D eigenvalue weighted by Crippen LogP contribution is 2.05. The number of Topliss-reactive ketones (excluding diaryl/α,β-unsaturated/α-hetero) is 1. The van der Waals surface area contributed by atoms with Gasteiger partial charge >= 0.3 is 0 Å². The van der Waals surface area contributed by atoms with Crippen LogP contribution in [0.5, 0.6) is 0 Å². The molecule has 0 bridgehead atoms. The van der Waals surface area contributed by atoms with Crippen molar-refractivity contribution in [2.45, 2.75) is 38.5 Å². The average molecular weight is 184 g/mol. The van der Waals surface area contributed by atoms with Gasteiger partial charge in [-0.05, 0) is 19.3 Å². The lowest BCUT2D eigenvalue weighted by Crippen LogP contribution is -2.05. The smallest absolute Gasteiger partial charge is 0.158 e. The summed E-state index contributed by atoms with van der Waals surface area (Å²) >= 11 is 0. The largest absolute Gasteiger partial charge is 0.377 e. The summed E-state index contributed by atoms with van der Waals surface area (Å²) in [4.78, 5) is 11.0. The van der Waals surface area contributed by atoms with E-state index < -0.39 is 0 Å². The molecule has 76 valence electrons. The molecule has 0 spiro atoms. The normalized spacial score (nSPS) is 9.92.